The Morgan fingerprint density at radius 2 is 1.78 bits per heavy atom. The van der Waals surface area contributed by atoms with Gasteiger partial charge in [-0.05, 0) is 86.0 Å². The number of amides is 1. The van der Waals surface area contributed by atoms with E-state index < -0.39 is 0 Å². The van der Waals surface area contributed by atoms with Crippen LogP contribution in [0.1, 0.15) is 65.2 Å². The molecular weight excluding hydrogens is 284 g/mol. The molecule has 4 rings (SSSR count). The van der Waals surface area contributed by atoms with Gasteiger partial charge in [0.25, 0.3) is 0 Å². The molecule has 0 aromatic rings. The second-order valence-electron chi connectivity index (χ2n) is 9.53. The van der Waals surface area contributed by atoms with Crippen molar-refractivity contribution in [1.29, 1.82) is 0 Å². The molecular formula is C20H34N2O. The van der Waals surface area contributed by atoms with Gasteiger partial charge in [0.2, 0.25) is 5.91 Å². The summed E-state index contributed by atoms with van der Waals surface area (Å²) in [4.78, 5) is 14.3. The second-order valence-corrected chi connectivity index (χ2v) is 9.53. The summed E-state index contributed by atoms with van der Waals surface area (Å²) in [5.41, 5.74) is 6.97. The number of rotatable bonds is 1. The van der Waals surface area contributed by atoms with Crippen LogP contribution >= 0.6 is 0 Å². The average Bonchev–Trinajstić information content (AvgIpc) is 2.88. The van der Waals surface area contributed by atoms with Gasteiger partial charge in [-0.3, -0.25) is 4.79 Å². The summed E-state index contributed by atoms with van der Waals surface area (Å²) in [6.45, 7) is 5.93. The third-order valence-electron chi connectivity index (χ3n) is 9.04. The molecule has 1 aliphatic heterocycles. The van der Waals surface area contributed by atoms with Gasteiger partial charge in [0.1, 0.15) is 0 Å². The van der Waals surface area contributed by atoms with Crippen molar-refractivity contribution < 1.29 is 4.79 Å². The summed E-state index contributed by atoms with van der Waals surface area (Å²) in [6, 6.07) is 0.487. The molecule has 130 valence electrons. The first kappa shape index (κ1) is 15.9. The van der Waals surface area contributed by atoms with E-state index in [2.05, 4.69) is 25.8 Å². The van der Waals surface area contributed by atoms with Crippen LogP contribution in [0.5, 0.6) is 0 Å². The van der Waals surface area contributed by atoms with E-state index in [0.29, 0.717) is 22.8 Å². The van der Waals surface area contributed by atoms with Gasteiger partial charge < -0.3 is 10.6 Å². The molecule has 4 fully saturated rings. The predicted molar refractivity (Wildman–Crippen MR) is 92.7 cm³/mol. The summed E-state index contributed by atoms with van der Waals surface area (Å²) in [7, 11) is 2.05. The van der Waals surface area contributed by atoms with Crippen molar-refractivity contribution in [3.8, 4) is 0 Å². The zero-order valence-corrected chi connectivity index (χ0v) is 15.2. The highest BCUT2D eigenvalue weighted by molar-refractivity contribution is 5.77. The molecule has 1 saturated heterocycles. The molecule has 0 spiro atoms. The zero-order chi connectivity index (χ0) is 16.4. The van der Waals surface area contributed by atoms with Crippen molar-refractivity contribution in [2.75, 3.05) is 13.6 Å². The quantitative estimate of drug-likeness (QED) is 0.805. The van der Waals surface area contributed by atoms with Crippen LogP contribution in [-0.4, -0.2) is 30.4 Å². The Hall–Kier alpha value is -0.570. The number of nitrogens with zero attached hydrogens (tertiary/aromatic N) is 1. The van der Waals surface area contributed by atoms with Crippen LogP contribution in [0.4, 0.5) is 0 Å². The summed E-state index contributed by atoms with van der Waals surface area (Å²) in [5.74, 6) is 3.71. The lowest BCUT2D eigenvalue weighted by molar-refractivity contribution is -0.158. The third kappa shape index (κ3) is 2.01. The molecule has 23 heavy (non-hydrogen) atoms. The molecule has 0 radical (unpaired) electrons. The van der Waals surface area contributed by atoms with Gasteiger partial charge in [0.15, 0.2) is 0 Å². The molecule has 2 unspecified atom stereocenters. The molecule has 4 aliphatic rings. The molecule has 3 heteroatoms. The van der Waals surface area contributed by atoms with E-state index in [0.717, 1.165) is 43.1 Å². The van der Waals surface area contributed by atoms with Gasteiger partial charge in [-0.25, -0.2) is 0 Å². The maximum atomic E-state index is 12.2. The maximum Gasteiger partial charge on any atom is 0.222 e. The van der Waals surface area contributed by atoms with Gasteiger partial charge in [-0.15, -0.1) is 0 Å². The Balaban J connectivity index is 1.64. The predicted octanol–water partition coefficient (Wildman–Crippen LogP) is 3.42. The highest BCUT2D eigenvalue weighted by atomic mass is 16.2. The van der Waals surface area contributed by atoms with Crippen LogP contribution in [0.25, 0.3) is 0 Å². The topological polar surface area (TPSA) is 46.3 Å². The van der Waals surface area contributed by atoms with E-state index in [1.54, 1.807) is 0 Å². The summed E-state index contributed by atoms with van der Waals surface area (Å²) < 4.78 is 0. The van der Waals surface area contributed by atoms with E-state index in [9.17, 15) is 4.79 Å². The molecule has 3 aliphatic carbocycles. The van der Waals surface area contributed by atoms with Crippen LogP contribution in [0.3, 0.4) is 0 Å². The lowest BCUT2D eigenvalue weighted by Gasteiger charge is -2.61. The minimum absolute atomic E-state index is 0.355. The van der Waals surface area contributed by atoms with E-state index in [-0.39, 0.29) is 0 Å². The zero-order valence-electron chi connectivity index (χ0n) is 15.2. The summed E-state index contributed by atoms with van der Waals surface area (Å²) in [6.07, 6.45) is 9.91. The average molecular weight is 319 g/mol. The fourth-order valence-electron chi connectivity index (χ4n) is 7.65. The largest absolute Gasteiger partial charge is 0.342 e. The van der Waals surface area contributed by atoms with Crippen molar-refractivity contribution in [2.24, 2.45) is 40.2 Å². The molecule has 3 nitrogen and oxygen atoms in total. The van der Waals surface area contributed by atoms with Gasteiger partial charge >= 0.3 is 0 Å². The number of hydrogen-bond donors (Lipinski definition) is 1. The Bertz CT molecular complexity index is 506. The lowest BCUT2D eigenvalue weighted by atomic mass is 9.47. The number of fused-ring (bicyclic) bond motifs is 5. The fraction of sp³-hybridized carbons (Fsp3) is 0.950. The van der Waals surface area contributed by atoms with E-state index in [4.69, 9.17) is 5.73 Å². The number of nitrogens with two attached hydrogens (primary N) is 1. The second kappa shape index (κ2) is 5.21. The van der Waals surface area contributed by atoms with Crippen LogP contribution in [0.15, 0.2) is 0 Å². The van der Waals surface area contributed by atoms with Crippen molar-refractivity contribution in [3.63, 3.8) is 0 Å². The number of carbonyl (C=O) groups excluding carboxylic acids is 1. The van der Waals surface area contributed by atoms with Crippen LogP contribution < -0.4 is 5.73 Å². The van der Waals surface area contributed by atoms with Crippen LogP contribution in [0.2, 0.25) is 0 Å². The van der Waals surface area contributed by atoms with E-state index >= 15 is 0 Å². The molecule has 3 saturated carbocycles. The molecule has 0 aromatic carbocycles. The van der Waals surface area contributed by atoms with Crippen molar-refractivity contribution in [1.82, 2.24) is 4.90 Å². The summed E-state index contributed by atoms with van der Waals surface area (Å²) in [5, 5.41) is 0. The SMILES string of the molecule is CN1C(=O)CC[C@@]2(C)C1CC[C@@H]1[C@H]2CC[C@]2(C)C(CN)CC[C@@H]12. The number of hydrogen-bond acceptors (Lipinski definition) is 2. The normalized spacial score (nSPS) is 52.8. The van der Waals surface area contributed by atoms with Gasteiger partial charge in [-0.2, -0.15) is 0 Å². The van der Waals surface area contributed by atoms with E-state index in [1.807, 2.05) is 0 Å². The third-order valence-corrected chi connectivity index (χ3v) is 9.04. The van der Waals surface area contributed by atoms with Crippen LogP contribution in [0, 0.1) is 34.5 Å². The molecule has 1 amide bonds. The van der Waals surface area contributed by atoms with Crippen molar-refractivity contribution in [2.45, 2.75) is 71.3 Å². The number of likely N-dealkylation sites (tertiary alicyclic amines) is 1. The number of piperidine rings is 1. The minimum atomic E-state index is 0.355. The molecule has 1 heterocycles. The lowest BCUT2D eigenvalue weighted by Crippen LogP contribution is -2.61. The standard InChI is InChI=1S/C20H34N2O/c1-19-10-8-16-14(15(19)6-4-13(19)12-21)5-7-17-20(16,2)11-9-18(23)22(17)3/h13-17H,4-12,21H2,1-3H3/t13?,14-,15-,16+,17?,19+,20+/m0/s1. The Labute approximate surface area is 141 Å². The van der Waals surface area contributed by atoms with Gasteiger partial charge in [-0.1, -0.05) is 13.8 Å². The van der Waals surface area contributed by atoms with Crippen molar-refractivity contribution in [3.05, 3.63) is 0 Å². The van der Waals surface area contributed by atoms with Crippen LogP contribution in [-0.2, 0) is 4.79 Å². The smallest absolute Gasteiger partial charge is 0.222 e. The molecule has 0 bridgehead atoms. The van der Waals surface area contributed by atoms with Crippen molar-refractivity contribution >= 4 is 5.91 Å². The fourth-order valence-corrected chi connectivity index (χ4v) is 7.65. The first-order chi connectivity index (χ1) is 10.9. The molecule has 2 N–H and O–H groups in total. The Morgan fingerprint density at radius 3 is 2.52 bits per heavy atom. The highest BCUT2D eigenvalue weighted by Gasteiger charge is 2.60. The molecule has 7 atom stereocenters. The van der Waals surface area contributed by atoms with E-state index in [1.165, 1.54) is 38.5 Å². The highest BCUT2D eigenvalue weighted by Crippen LogP contribution is 2.65. The monoisotopic (exact) mass is 318 g/mol. The molecule has 0 aromatic heterocycles. The number of carbonyl (C=O) groups is 1. The summed E-state index contributed by atoms with van der Waals surface area (Å²) >= 11 is 0. The Kier molecular flexibility index (Phi) is 3.61. The van der Waals surface area contributed by atoms with Gasteiger partial charge in [0.05, 0.1) is 0 Å². The first-order valence-corrected chi connectivity index (χ1v) is 9.87. The Morgan fingerprint density at radius 1 is 1.04 bits per heavy atom. The first-order valence-electron chi connectivity index (χ1n) is 9.87. The van der Waals surface area contributed by atoms with Gasteiger partial charge in [0, 0.05) is 19.5 Å². The maximum absolute atomic E-state index is 12.2. The minimum Gasteiger partial charge on any atom is -0.342 e.